The van der Waals surface area contributed by atoms with Gasteiger partial charge in [0.1, 0.15) is 0 Å². The normalized spacial score (nSPS) is 11.2. The Morgan fingerprint density at radius 2 is 1.95 bits per heavy atom. The maximum atomic E-state index is 8.73. The first-order valence-corrected chi connectivity index (χ1v) is 6.97. The SMILES string of the molecule is CN(CCCCCO)Cc1nc(-c2ccccc2)no1. The highest BCUT2D eigenvalue weighted by molar-refractivity contribution is 5.53. The van der Waals surface area contributed by atoms with Crippen molar-refractivity contribution in [3.05, 3.63) is 36.2 Å². The van der Waals surface area contributed by atoms with Crippen molar-refractivity contribution >= 4 is 0 Å². The molecule has 0 aliphatic heterocycles. The third-order valence-electron chi connectivity index (χ3n) is 3.10. The molecule has 1 heterocycles. The number of hydrogen-bond donors (Lipinski definition) is 1. The van der Waals surface area contributed by atoms with Crippen molar-refractivity contribution in [2.75, 3.05) is 20.2 Å². The molecule has 1 aromatic carbocycles. The molecule has 0 amide bonds. The van der Waals surface area contributed by atoms with Gasteiger partial charge in [-0.3, -0.25) is 4.90 Å². The monoisotopic (exact) mass is 275 g/mol. The fourth-order valence-corrected chi connectivity index (χ4v) is 2.00. The predicted octanol–water partition coefficient (Wildman–Crippen LogP) is 2.33. The van der Waals surface area contributed by atoms with Gasteiger partial charge < -0.3 is 9.63 Å². The molecule has 0 saturated heterocycles. The van der Waals surface area contributed by atoms with E-state index in [1.807, 2.05) is 37.4 Å². The number of unbranched alkanes of at least 4 members (excludes halogenated alkanes) is 2. The summed E-state index contributed by atoms with van der Waals surface area (Å²) in [4.78, 5) is 6.56. The minimum absolute atomic E-state index is 0.272. The van der Waals surface area contributed by atoms with Crippen LogP contribution in [0.25, 0.3) is 11.4 Å². The Hall–Kier alpha value is -1.72. The molecule has 0 fully saturated rings. The summed E-state index contributed by atoms with van der Waals surface area (Å²) in [5.74, 6) is 1.27. The molecule has 1 aromatic heterocycles. The van der Waals surface area contributed by atoms with Crippen LogP contribution in [0.4, 0.5) is 0 Å². The van der Waals surface area contributed by atoms with Crippen LogP contribution in [0.1, 0.15) is 25.2 Å². The van der Waals surface area contributed by atoms with Gasteiger partial charge in [0.15, 0.2) is 0 Å². The van der Waals surface area contributed by atoms with Crippen LogP contribution < -0.4 is 0 Å². The number of rotatable bonds is 8. The second-order valence-corrected chi connectivity index (χ2v) is 4.90. The highest BCUT2D eigenvalue weighted by atomic mass is 16.5. The van der Waals surface area contributed by atoms with Crippen LogP contribution in [0.5, 0.6) is 0 Å². The number of aliphatic hydroxyl groups excluding tert-OH is 1. The minimum Gasteiger partial charge on any atom is -0.396 e. The lowest BCUT2D eigenvalue weighted by Crippen LogP contribution is -2.19. The highest BCUT2D eigenvalue weighted by Crippen LogP contribution is 2.15. The maximum Gasteiger partial charge on any atom is 0.241 e. The van der Waals surface area contributed by atoms with E-state index >= 15 is 0 Å². The Balaban J connectivity index is 1.83. The number of hydrogen-bond acceptors (Lipinski definition) is 5. The molecule has 20 heavy (non-hydrogen) atoms. The number of benzene rings is 1. The van der Waals surface area contributed by atoms with E-state index in [0.717, 1.165) is 31.4 Å². The van der Waals surface area contributed by atoms with E-state index < -0.39 is 0 Å². The summed E-state index contributed by atoms with van der Waals surface area (Å²) < 4.78 is 5.27. The van der Waals surface area contributed by atoms with E-state index in [1.165, 1.54) is 0 Å². The Labute approximate surface area is 119 Å². The largest absolute Gasteiger partial charge is 0.396 e. The zero-order chi connectivity index (χ0) is 14.2. The van der Waals surface area contributed by atoms with Crippen LogP contribution in [0.2, 0.25) is 0 Å². The minimum atomic E-state index is 0.272. The average molecular weight is 275 g/mol. The molecule has 2 rings (SSSR count). The summed E-state index contributed by atoms with van der Waals surface area (Å²) in [5.41, 5.74) is 0.966. The molecule has 0 radical (unpaired) electrons. The van der Waals surface area contributed by atoms with E-state index in [1.54, 1.807) is 0 Å². The quantitative estimate of drug-likeness (QED) is 0.749. The van der Waals surface area contributed by atoms with Gasteiger partial charge in [-0.2, -0.15) is 4.98 Å². The molecule has 0 spiro atoms. The molecule has 0 saturated carbocycles. The molecule has 0 aliphatic carbocycles. The van der Waals surface area contributed by atoms with Gasteiger partial charge in [-0.1, -0.05) is 35.5 Å². The summed E-state index contributed by atoms with van der Waals surface area (Å²) >= 11 is 0. The fraction of sp³-hybridized carbons (Fsp3) is 0.467. The lowest BCUT2D eigenvalue weighted by molar-refractivity contribution is 0.251. The molecular weight excluding hydrogens is 254 g/mol. The molecule has 0 unspecified atom stereocenters. The number of aliphatic hydroxyl groups is 1. The van der Waals surface area contributed by atoms with Gasteiger partial charge in [0.25, 0.3) is 0 Å². The predicted molar refractivity (Wildman–Crippen MR) is 77.0 cm³/mol. The first-order valence-electron chi connectivity index (χ1n) is 6.97. The smallest absolute Gasteiger partial charge is 0.241 e. The average Bonchev–Trinajstić information content (AvgIpc) is 2.93. The molecule has 0 aliphatic rings. The maximum absolute atomic E-state index is 8.73. The Bertz CT molecular complexity index is 499. The van der Waals surface area contributed by atoms with E-state index in [0.29, 0.717) is 18.3 Å². The molecule has 108 valence electrons. The molecule has 5 heteroatoms. The van der Waals surface area contributed by atoms with Gasteiger partial charge in [-0.15, -0.1) is 0 Å². The van der Waals surface area contributed by atoms with Crippen molar-refractivity contribution < 1.29 is 9.63 Å². The summed E-state index contributed by atoms with van der Waals surface area (Å²) in [6.07, 6.45) is 2.98. The molecule has 2 aromatic rings. The zero-order valence-electron chi connectivity index (χ0n) is 11.8. The molecule has 0 bridgehead atoms. The molecule has 0 atom stereocenters. The topological polar surface area (TPSA) is 62.4 Å². The van der Waals surface area contributed by atoms with Gasteiger partial charge in [-0.05, 0) is 32.9 Å². The molecular formula is C15H21N3O2. The Morgan fingerprint density at radius 1 is 1.15 bits per heavy atom. The second kappa shape index (κ2) is 7.77. The second-order valence-electron chi connectivity index (χ2n) is 4.90. The summed E-state index contributed by atoms with van der Waals surface area (Å²) in [6.45, 7) is 1.88. The third kappa shape index (κ3) is 4.43. The number of nitrogens with zero attached hydrogens (tertiary/aromatic N) is 3. The number of aromatic nitrogens is 2. The Morgan fingerprint density at radius 3 is 2.70 bits per heavy atom. The standard InChI is InChI=1S/C15H21N3O2/c1-18(10-6-3-7-11-19)12-14-16-15(17-20-14)13-8-4-2-5-9-13/h2,4-5,8-9,19H,3,6-7,10-12H2,1H3. The van der Waals surface area contributed by atoms with Crippen LogP contribution in [0.3, 0.4) is 0 Å². The lowest BCUT2D eigenvalue weighted by atomic mass is 10.2. The van der Waals surface area contributed by atoms with Crippen molar-refractivity contribution in [3.8, 4) is 11.4 Å². The fourth-order valence-electron chi connectivity index (χ4n) is 2.00. The van der Waals surface area contributed by atoms with Crippen LogP contribution in [-0.2, 0) is 6.54 Å². The molecule has 5 nitrogen and oxygen atoms in total. The van der Waals surface area contributed by atoms with Gasteiger partial charge in [0.2, 0.25) is 11.7 Å². The van der Waals surface area contributed by atoms with Gasteiger partial charge >= 0.3 is 0 Å². The van der Waals surface area contributed by atoms with Crippen molar-refractivity contribution in [2.45, 2.75) is 25.8 Å². The van der Waals surface area contributed by atoms with E-state index in [4.69, 9.17) is 9.63 Å². The Kier molecular flexibility index (Phi) is 5.70. The van der Waals surface area contributed by atoms with E-state index in [2.05, 4.69) is 15.0 Å². The first kappa shape index (κ1) is 14.7. The van der Waals surface area contributed by atoms with Crippen LogP contribution in [0, 0.1) is 0 Å². The van der Waals surface area contributed by atoms with Crippen molar-refractivity contribution in [1.29, 1.82) is 0 Å². The van der Waals surface area contributed by atoms with Crippen molar-refractivity contribution in [3.63, 3.8) is 0 Å². The van der Waals surface area contributed by atoms with Crippen LogP contribution >= 0.6 is 0 Å². The van der Waals surface area contributed by atoms with E-state index in [9.17, 15) is 0 Å². The van der Waals surface area contributed by atoms with Gasteiger partial charge in [-0.25, -0.2) is 0 Å². The first-order chi connectivity index (χ1) is 9.79. The molecule has 1 N–H and O–H groups in total. The van der Waals surface area contributed by atoms with Crippen molar-refractivity contribution in [1.82, 2.24) is 15.0 Å². The zero-order valence-corrected chi connectivity index (χ0v) is 11.8. The van der Waals surface area contributed by atoms with E-state index in [-0.39, 0.29) is 6.61 Å². The third-order valence-corrected chi connectivity index (χ3v) is 3.10. The van der Waals surface area contributed by atoms with Crippen LogP contribution in [0.15, 0.2) is 34.9 Å². The summed E-state index contributed by atoms with van der Waals surface area (Å²) in [5, 5.41) is 12.7. The summed E-state index contributed by atoms with van der Waals surface area (Å²) in [7, 11) is 2.03. The summed E-state index contributed by atoms with van der Waals surface area (Å²) in [6, 6.07) is 9.81. The van der Waals surface area contributed by atoms with Crippen LogP contribution in [-0.4, -0.2) is 40.3 Å². The van der Waals surface area contributed by atoms with Crippen molar-refractivity contribution in [2.24, 2.45) is 0 Å². The lowest BCUT2D eigenvalue weighted by Gasteiger charge is -2.13. The van der Waals surface area contributed by atoms with Gasteiger partial charge in [0.05, 0.1) is 6.54 Å². The van der Waals surface area contributed by atoms with Gasteiger partial charge in [0, 0.05) is 12.2 Å². The highest BCUT2D eigenvalue weighted by Gasteiger charge is 2.10.